The zero-order chi connectivity index (χ0) is 22.7. The maximum Gasteiger partial charge on any atom is 0.339 e. The minimum Gasteiger partial charge on any atom is -0.452 e. The van der Waals surface area contributed by atoms with E-state index in [0.717, 1.165) is 11.3 Å². The zero-order valence-electron chi connectivity index (χ0n) is 17.7. The number of pyridine rings is 1. The highest BCUT2D eigenvalue weighted by Gasteiger charge is 2.20. The van der Waals surface area contributed by atoms with Crippen molar-refractivity contribution in [2.24, 2.45) is 0 Å². The number of ether oxygens (including phenoxy) is 1. The summed E-state index contributed by atoms with van der Waals surface area (Å²) in [6, 6.07) is 17.6. The zero-order valence-corrected chi connectivity index (χ0v) is 17.7. The fraction of sp³-hybridized carbons (Fsp3) is 0.167. The van der Waals surface area contributed by atoms with E-state index in [-0.39, 0.29) is 11.4 Å². The Balaban J connectivity index is 1.48. The maximum atomic E-state index is 12.9. The van der Waals surface area contributed by atoms with Crippen LogP contribution in [0.2, 0.25) is 0 Å². The first-order chi connectivity index (χ1) is 15.5. The van der Waals surface area contributed by atoms with E-state index in [0.29, 0.717) is 28.6 Å². The number of rotatable bonds is 6. The third kappa shape index (κ3) is 4.15. The monoisotopic (exact) mass is 430 g/mol. The van der Waals surface area contributed by atoms with E-state index in [4.69, 9.17) is 4.74 Å². The van der Waals surface area contributed by atoms with E-state index < -0.39 is 18.5 Å². The highest BCUT2D eigenvalue weighted by atomic mass is 16.5. The summed E-state index contributed by atoms with van der Waals surface area (Å²) in [6.07, 6.45) is 0.670. The summed E-state index contributed by atoms with van der Waals surface area (Å²) in [5.41, 5.74) is 2.96. The van der Waals surface area contributed by atoms with Crippen molar-refractivity contribution >= 4 is 28.6 Å². The number of aryl methyl sites for hydroxylation is 1. The molecule has 0 fully saturated rings. The third-order valence-electron chi connectivity index (χ3n) is 5.12. The number of carbonyl (C=O) groups is 2. The summed E-state index contributed by atoms with van der Waals surface area (Å²) in [7, 11) is 0. The molecule has 4 rings (SSSR count). The normalized spacial score (nSPS) is 10.8. The maximum absolute atomic E-state index is 12.9. The Bertz CT molecular complexity index is 1360. The Kier molecular flexibility index (Phi) is 5.85. The number of nitrogens with one attached hydrogen (secondary N) is 2. The van der Waals surface area contributed by atoms with Gasteiger partial charge in [-0.2, -0.15) is 0 Å². The number of fused-ring (bicyclic) bond motifs is 1. The molecule has 0 aliphatic carbocycles. The quantitative estimate of drug-likeness (QED) is 0.456. The van der Waals surface area contributed by atoms with Crippen LogP contribution in [-0.4, -0.2) is 33.2 Å². The number of nitrogens with zero attached hydrogens (tertiary/aromatic N) is 2. The second-order valence-corrected chi connectivity index (χ2v) is 7.23. The van der Waals surface area contributed by atoms with Crippen molar-refractivity contribution in [3.8, 4) is 5.69 Å². The minimum absolute atomic E-state index is 0.207. The van der Waals surface area contributed by atoms with Crippen LogP contribution in [0.1, 0.15) is 28.5 Å². The van der Waals surface area contributed by atoms with Crippen molar-refractivity contribution in [2.45, 2.75) is 20.3 Å². The van der Waals surface area contributed by atoms with Gasteiger partial charge in [0.05, 0.1) is 16.8 Å². The molecule has 0 radical (unpaired) electrons. The lowest BCUT2D eigenvalue weighted by molar-refractivity contribution is -0.119. The first-order valence-corrected chi connectivity index (χ1v) is 10.2. The summed E-state index contributed by atoms with van der Waals surface area (Å²) >= 11 is 0. The number of aromatic amines is 1. The second kappa shape index (κ2) is 8.89. The number of esters is 1. The fourth-order valence-electron chi connectivity index (χ4n) is 3.58. The summed E-state index contributed by atoms with van der Waals surface area (Å²) < 4.78 is 6.60. The number of carbonyl (C=O) groups excluding carboxylic acids is 2. The van der Waals surface area contributed by atoms with E-state index in [1.807, 2.05) is 44.2 Å². The van der Waals surface area contributed by atoms with E-state index in [2.05, 4.69) is 15.4 Å². The predicted octanol–water partition coefficient (Wildman–Crippen LogP) is 3.38. The van der Waals surface area contributed by atoms with E-state index in [9.17, 15) is 14.4 Å². The van der Waals surface area contributed by atoms with Crippen LogP contribution in [0.5, 0.6) is 0 Å². The third-order valence-corrected chi connectivity index (χ3v) is 5.12. The summed E-state index contributed by atoms with van der Waals surface area (Å²) in [4.78, 5) is 42.0. The number of benzene rings is 2. The van der Waals surface area contributed by atoms with Crippen LogP contribution in [-0.2, 0) is 16.0 Å². The molecule has 2 aromatic heterocycles. The molecule has 2 aromatic carbocycles. The first-order valence-electron chi connectivity index (χ1n) is 10.2. The second-order valence-electron chi connectivity index (χ2n) is 7.23. The Labute approximate surface area is 183 Å². The number of hydrogen-bond acceptors (Lipinski definition) is 5. The molecule has 0 spiro atoms. The lowest BCUT2D eigenvalue weighted by Crippen LogP contribution is -2.22. The van der Waals surface area contributed by atoms with Crippen LogP contribution >= 0.6 is 0 Å². The molecular formula is C24H22N4O4. The van der Waals surface area contributed by atoms with Gasteiger partial charge in [-0.05, 0) is 37.1 Å². The van der Waals surface area contributed by atoms with Gasteiger partial charge in [0.25, 0.3) is 11.5 Å². The lowest BCUT2D eigenvalue weighted by atomic mass is 10.0. The highest BCUT2D eigenvalue weighted by molar-refractivity contribution is 6.05. The van der Waals surface area contributed by atoms with Gasteiger partial charge in [-0.15, -0.1) is 0 Å². The first kappa shape index (κ1) is 21.0. The average molecular weight is 430 g/mol. The largest absolute Gasteiger partial charge is 0.452 e. The smallest absolute Gasteiger partial charge is 0.339 e. The van der Waals surface area contributed by atoms with Crippen molar-refractivity contribution in [1.82, 2.24) is 14.8 Å². The SMILES string of the molecule is CCc1nc2ccccc2c(C(=O)OCC(=O)Nc2cc(=O)n(-c3ccccc3)[nH]2)c1C. The molecule has 0 aliphatic rings. The molecule has 0 unspecified atom stereocenters. The molecule has 1 amide bonds. The number of hydrogen-bond donors (Lipinski definition) is 2. The Morgan fingerprint density at radius 2 is 1.81 bits per heavy atom. The van der Waals surface area contributed by atoms with Gasteiger partial charge in [-0.1, -0.05) is 43.3 Å². The molecule has 8 nitrogen and oxygen atoms in total. The van der Waals surface area contributed by atoms with E-state index in [1.165, 1.54) is 10.7 Å². The van der Waals surface area contributed by atoms with Gasteiger partial charge in [0.15, 0.2) is 6.61 Å². The number of H-pyrrole nitrogens is 1. The average Bonchev–Trinajstić information content (AvgIpc) is 3.17. The van der Waals surface area contributed by atoms with Crippen LogP contribution in [0.15, 0.2) is 65.5 Å². The summed E-state index contributed by atoms with van der Waals surface area (Å²) in [5, 5.41) is 6.05. The Hall–Kier alpha value is -4.20. The van der Waals surface area contributed by atoms with Crippen LogP contribution in [0.4, 0.5) is 5.82 Å². The Morgan fingerprint density at radius 1 is 1.09 bits per heavy atom. The molecule has 8 heteroatoms. The van der Waals surface area contributed by atoms with Gasteiger partial charge < -0.3 is 10.1 Å². The topological polar surface area (TPSA) is 106 Å². The molecule has 0 saturated carbocycles. The number of para-hydroxylation sites is 2. The summed E-state index contributed by atoms with van der Waals surface area (Å²) in [6.45, 7) is 3.30. The lowest BCUT2D eigenvalue weighted by Gasteiger charge is -2.13. The molecule has 32 heavy (non-hydrogen) atoms. The van der Waals surface area contributed by atoms with Gasteiger partial charge in [0.1, 0.15) is 5.82 Å². The number of amides is 1. The standard InChI is InChI=1S/C24H22N4O4/c1-3-18-15(2)23(17-11-7-8-12-19(17)25-18)24(31)32-14-21(29)26-20-13-22(30)28(27-20)16-9-5-4-6-10-16/h4-13,27H,3,14H2,1-2H3,(H,26,29). The predicted molar refractivity (Wildman–Crippen MR) is 121 cm³/mol. The van der Waals surface area contributed by atoms with Crippen LogP contribution in [0.3, 0.4) is 0 Å². The van der Waals surface area contributed by atoms with Crippen molar-refractivity contribution in [3.05, 3.63) is 87.8 Å². The van der Waals surface area contributed by atoms with Gasteiger partial charge >= 0.3 is 5.97 Å². The molecule has 0 saturated heterocycles. The van der Waals surface area contributed by atoms with Crippen molar-refractivity contribution in [3.63, 3.8) is 0 Å². The highest BCUT2D eigenvalue weighted by Crippen LogP contribution is 2.24. The molecule has 2 N–H and O–H groups in total. The van der Waals surface area contributed by atoms with Gasteiger partial charge in [0, 0.05) is 17.1 Å². The molecule has 4 aromatic rings. The van der Waals surface area contributed by atoms with Crippen LogP contribution < -0.4 is 10.9 Å². The Morgan fingerprint density at radius 3 is 2.56 bits per heavy atom. The van der Waals surface area contributed by atoms with Gasteiger partial charge in [-0.3, -0.25) is 19.7 Å². The van der Waals surface area contributed by atoms with Crippen LogP contribution in [0.25, 0.3) is 16.6 Å². The number of anilines is 1. The molecule has 0 bridgehead atoms. The molecular weight excluding hydrogens is 408 g/mol. The summed E-state index contributed by atoms with van der Waals surface area (Å²) in [5.74, 6) is -0.952. The molecule has 2 heterocycles. The van der Waals surface area contributed by atoms with Gasteiger partial charge in [-0.25, -0.2) is 9.48 Å². The van der Waals surface area contributed by atoms with E-state index in [1.54, 1.807) is 24.3 Å². The van der Waals surface area contributed by atoms with Crippen molar-refractivity contribution in [2.75, 3.05) is 11.9 Å². The van der Waals surface area contributed by atoms with Crippen molar-refractivity contribution < 1.29 is 14.3 Å². The van der Waals surface area contributed by atoms with Crippen molar-refractivity contribution in [1.29, 1.82) is 0 Å². The minimum atomic E-state index is -0.596. The molecule has 0 atom stereocenters. The van der Waals surface area contributed by atoms with Crippen LogP contribution in [0, 0.1) is 6.92 Å². The number of aromatic nitrogens is 3. The fourth-order valence-corrected chi connectivity index (χ4v) is 3.58. The van der Waals surface area contributed by atoms with Gasteiger partial charge in [0.2, 0.25) is 0 Å². The molecule has 0 aliphatic heterocycles. The molecule has 162 valence electrons. The van der Waals surface area contributed by atoms with E-state index >= 15 is 0 Å².